The van der Waals surface area contributed by atoms with Gasteiger partial charge in [-0.3, -0.25) is 4.79 Å². The number of carbonyl (C=O) groups is 1. The van der Waals surface area contributed by atoms with E-state index in [0.29, 0.717) is 0 Å². The van der Waals surface area contributed by atoms with Gasteiger partial charge in [0, 0.05) is 5.56 Å². The molecule has 0 saturated heterocycles. The number of carbonyl (C=O) groups excluding carboxylic acids is 1. The van der Waals surface area contributed by atoms with Crippen LogP contribution in [0.1, 0.15) is 24.2 Å². The monoisotopic (exact) mass is 252 g/mol. The van der Waals surface area contributed by atoms with Gasteiger partial charge in [-0.2, -0.15) is 0 Å². The van der Waals surface area contributed by atoms with Crippen LogP contribution in [0, 0.1) is 0 Å². The van der Waals surface area contributed by atoms with Crippen molar-refractivity contribution in [1.29, 1.82) is 0 Å². The van der Waals surface area contributed by atoms with Gasteiger partial charge in [0.2, 0.25) is 5.12 Å². The van der Waals surface area contributed by atoms with E-state index in [2.05, 4.69) is 20.9 Å². The highest BCUT2D eigenvalue weighted by Gasteiger charge is 2.16. The lowest BCUT2D eigenvalue weighted by Gasteiger charge is -2.31. The summed E-state index contributed by atoms with van der Waals surface area (Å²) in [5, 5.41) is 0.185. The number of benzene rings is 1. The van der Waals surface area contributed by atoms with Crippen molar-refractivity contribution < 1.29 is 9.28 Å². The van der Waals surface area contributed by atoms with Crippen molar-refractivity contribution in [3.8, 4) is 0 Å². The number of quaternary nitrogens is 1. The Labute approximate surface area is 109 Å². The van der Waals surface area contributed by atoms with E-state index in [9.17, 15) is 4.79 Å². The molecule has 0 fully saturated rings. The van der Waals surface area contributed by atoms with Crippen LogP contribution in [-0.2, 0) is 0 Å². The maximum atomic E-state index is 11.9. The van der Waals surface area contributed by atoms with E-state index in [1.807, 2.05) is 30.3 Å². The summed E-state index contributed by atoms with van der Waals surface area (Å²) in [4.78, 5) is 11.9. The van der Waals surface area contributed by atoms with Crippen molar-refractivity contribution in [1.82, 2.24) is 0 Å². The summed E-state index contributed by atoms with van der Waals surface area (Å²) >= 11 is 1.43. The Hall–Kier alpha value is -0.800. The van der Waals surface area contributed by atoms with Gasteiger partial charge in [-0.15, -0.1) is 0 Å². The fourth-order valence-corrected chi connectivity index (χ4v) is 2.58. The smallest absolute Gasteiger partial charge is 0.219 e. The minimum atomic E-state index is 0.185. The molecular weight excluding hydrogens is 230 g/mol. The normalized spacial score (nSPS) is 11.5. The molecule has 3 heteroatoms. The number of thioether (sulfide) groups is 1. The SMILES string of the molecule is CC[N+](C)(CC)CCSC(=O)c1ccccc1. The molecule has 1 aromatic rings. The molecule has 0 heterocycles. The summed E-state index contributed by atoms with van der Waals surface area (Å²) in [5.74, 6) is 0.895. The molecule has 0 aliphatic heterocycles. The summed E-state index contributed by atoms with van der Waals surface area (Å²) in [6, 6.07) is 9.51. The van der Waals surface area contributed by atoms with Crippen molar-refractivity contribution in [3.63, 3.8) is 0 Å². The fraction of sp³-hybridized carbons (Fsp3) is 0.500. The molecule has 0 aromatic heterocycles. The molecule has 1 rings (SSSR count). The van der Waals surface area contributed by atoms with E-state index in [0.717, 1.165) is 35.4 Å². The Morgan fingerprint density at radius 2 is 1.76 bits per heavy atom. The van der Waals surface area contributed by atoms with Gasteiger partial charge in [-0.1, -0.05) is 42.1 Å². The standard InChI is InChI=1S/C14H22NOS/c1-4-15(3,5-2)11-12-17-14(16)13-9-7-6-8-10-13/h6-10H,4-5,11-12H2,1-3H3/q+1. The molecular formula is C14H22NOS+. The highest BCUT2D eigenvalue weighted by atomic mass is 32.2. The molecule has 1 aromatic carbocycles. The Balaban J connectivity index is 2.40. The third kappa shape index (κ3) is 4.52. The molecule has 0 saturated carbocycles. The second kappa shape index (κ2) is 6.82. The number of hydrogen-bond acceptors (Lipinski definition) is 2. The lowest BCUT2D eigenvalue weighted by Crippen LogP contribution is -2.45. The Bertz CT molecular complexity index is 346. The van der Waals surface area contributed by atoms with Crippen LogP contribution >= 0.6 is 11.8 Å². The van der Waals surface area contributed by atoms with Crippen molar-refractivity contribution in [2.75, 3.05) is 32.4 Å². The maximum absolute atomic E-state index is 11.9. The predicted molar refractivity (Wildman–Crippen MR) is 75.4 cm³/mol. The lowest BCUT2D eigenvalue weighted by molar-refractivity contribution is -0.903. The van der Waals surface area contributed by atoms with Crippen LogP contribution in [0.2, 0.25) is 0 Å². The highest BCUT2D eigenvalue weighted by molar-refractivity contribution is 8.14. The van der Waals surface area contributed by atoms with Crippen LogP contribution in [0.4, 0.5) is 0 Å². The molecule has 0 atom stereocenters. The van der Waals surface area contributed by atoms with Crippen LogP contribution in [0.15, 0.2) is 30.3 Å². The van der Waals surface area contributed by atoms with Gasteiger partial charge in [-0.25, -0.2) is 0 Å². The molecule has 0 amide bonds. The van der Waals surface area contributed by atoms with E-state index in [1.165, 1.54) is 11.8 Å². The summed E-state index contributed by atoms with van der Waals surface area (Å²) in [5.41, 5.74) is 0.805. The lowest BCUT2D eigenvalue weighted by atomic mass is 10.2. The molecule has 0 bridgehead atoms. The van der Waals surface area contributed by atoms with Gasteiger partial charge in [-0.05, 0) is 13.8 Å². The molecule has 94 valence electrons. The summed E-state index contributed by atoms with van der Waals surface area (Å²) in [6.07, 6.45) is 0. The van der Waals surface area contributed by atoms with E-state index >= 15 is 0 Å². The van der Waals surface area contributed by atoms with Crippen LogP contribution in [0.3, 0.4) is 0 Å². The third-order valence-corrected chi connectivity index (χ3v) is 4.29. The molecule has 2 nitrogen and oxygen atoms in total. The number of nitrogens with zero attached hydrogens (tertiary/aromatic N) is 1. The van der Waals surface area contributed by atoms with Crippen LogP contribution < -0.4 is 0 Å². The summed E-state index contributed by atoms with van der Waals surface area (Å²) in [7, 11) is 2.24. The van der Waals surface area contributed by atoms with Gasteiger partial charge in [0.1, 0.15) is 0 Å². The van der Waals surface area contributed by atoms with Crippen LogP contribution in [0.5, 0.6) is 0 Å². The van der Waals surface area contributed by atoms with Crippen LogP contribution in [0.25, 0.3) is 0 Å². The quantitative estimate of drug-likeness (QED) is 0.724. The number of hydrogen-bond donors (Lipinski definition) is 0. The molecule has 17 heavy (non-hydrogen) atoms. The van der Waals surface area contributed by atoms with Crippen molar-refractivity contribution >= 4 is 16.9 Å². The molecule has 0 aliphatic carbocycles. The van der Waals surface area contributed by atoms with Gasteiger partial charge < -0.3 is 4.48 Å². The topological polar surface area (TPSA) is 17.1 Å². The Kier molecular flexibility index (Phi) is 5.72. The minimum absolute atomic E-state index is 0.185. The zero-order valence-corrected chi connectivity index (χ0v) is 11.8. The van der Waals surface area contributed by atoms with Crippen LogP contribution in [-0.4, -0.2) is 42.0 Å². The first-order valence-corrected chi connectivity index (χ1v) is 7.15. The first-order chi connectivity index (χ1) is 8.11. The zero-order chi connectivity index (χ0) is 12.7. The van der Waals surface area contributed by atoms with Gasteiger partial charge in [0.15, 0.2) is 0 Å². The second-order valence-electron chi connectivity index (χ2n) is 4.48. The van der Waals surface area contributed by atoms with Crippen molar-refractivity contribution in [2.45, 2.75) is 13.8 Å². The zero-order valence-electron chi connectivity index (χ0n) is 11.0. The summed E-state index contributed by atoms with van der Waals surface area (Å²) in [6.45, 7) is 7.70. The van der Waals surface area contributed by atoms with Crippen molar-refractivity contribution in [2.24, 2.45) is 0 Å². The molecule has 0 N–H and O–H groups in total. The Morgan fingerprint density at radius 3 is 2.29 bits per heavy atom. The largest absolute Gasteiger partial charge is 0.326 e. The highest BCUT2D eigenvalue weighted by Crippen LogP contribution is 2.13. The minimum Gasteiger partial charge on any atom is -0.326 e. The fourth-order valence-electron chi connectivity index (χ4n) is 1.56. The van der Waals surface area contributed by atoms with Gasteiger partial charge in [0.05, 0.1) is 32.4 Å². The third-order valence-electron chi connectivity index (χ3n) is 3.40. The number of rotatable bonds is 6. The molecule has 0 radical (unpaired) electrons. The van der Waals surface area contributed by atoms with Gasteiger partial charge in [0.25, 0.3) is 0 Å². The van der Waals surface area contributed by atoms with E-state index in [1.54, 1.807) is 0 Å². The first kappa shape index (κ1) is 14.3. The first-order valence-electron chi connectivity index (χ1n) is 6.17. The predicted octanol–water partition coefficient (Wildman–Crippen LogP) is 3.05. The Morgan fingerprint density at radius 1 is 1.18 bits per heavy atom. The second-order valence-corrected chi connectivity index (χ2v) is 5.55. The van der Waals surface area contributed by atoms with E-state index in [4.69, 9.17) is 0 Å². The maximum Gasteiger partial charge on any atom is 0.219 e. The van der Waals surface area contributed by atoms with E-state index < -0.39 is 0 Å². The van der Waals surface area contributed by atoms with Crippen molar-refractivity contribution in [3.05, 3.63) is 35.9 Å². The molecule has 0 spiro atoms. The summed E-state index contributed by atoms with van der Waals surface area (Å²) < 4.78 is 1.04. The average Bonchev–Trinajstić information content (AvgIpc) is 2.39. The molecule has 0 unspecified atom stereocenters. The average molecular weight is 252 g/mol. The molecule has 0 aliphatic rings. The van der Waals surface area contributed by atoms with Gasteiger partial charge >= 0.3 is 0 Å². The van der Waals surface area contributed by atoms with E-state index in [-0.39, 0.29) is 5.12 Å².